The van der Waals surface area contributed by atoms with Crippen molar-refractivity contribution in [1.82, 2.24) is 4.57 Å². The van der Waals surface area contributed by atoms with Crippen molar-refractivity contribution in [3.05, 3.63) is 54.4 Å². The maximum atomic E-state index is 8.69. The molecule has 0 amide bonds. The monoisotopic (exact) mass is 200 g/mol. The van der Waals surface area contributed by atoms with Crippen LogP contribution >= 0.6 is 0 Å². The highest BCUT2D eigenvalue weighted by molar-refractivity contribution is 5.98. The fourth-order valence-corrected chi connectivity index (χ4v) is 1.46. The minimum Gasteiger partial charge on any atom is -0.411 e. The minimum absolute atomic E-state index is 0.615. The lowest BCUT2D eigenvalue weighted by Crippen LogP contribution is -1.97. The summed E-state index contributed by atoms with van der Waals surface area (Å²) in [7, 11) is 0. The summed E-state index contributed by atoms with van der Waals surface area (Å²) in [5.41, 5.74) is 2.59. The second-order valence-corrected chi connectivity index (χ2v) is 3.33. The van der Waals surface area contributed by atoms with E-state index in [0.29, 0.717) is 5.71 Å². The van der Waals surface area contributed by atoms with E-state index >= 15 is 0 Å². The molecule has 0 fully saturated rings. The molecule has 0 bridgehead atoms. The van der Waals surface area contributed by atoms with Gasteiger partial charge in [-0.3, -0.25) is 0 Å². The Bertz CT molecular complexity index is 472. The van der Waals surface area contributed by atoms with E-state index in [1.54, 1.807) is 6.92 Å². The Morgan fingerprint density at radius 2 is 1.93 bits per heavy atom. The summed E-state index contributed by atoms with van der Waals surface area (Å²) in [6, 6.07) is 11.8. The molecule has 0 saturated heterocycles. The topological polar surface area (TPSA) is 37.5 Å². The molecule has 0 spiro atoms. The van der Waals surface area contributed by atoms with Gasteiger partial charge in [0, 0.05) is 23.6 Å². The maximum absolute atomic E-state index is 8.69. The van der Waals surface area contributed by atoms with Crippen LogP contribution in [0.5, 0.6) is 0 Å². The Morgan fingerprint density at radius 1 is 1.20 bits per heavy atom. The average molecular weight is 200 g/mol. The van der Waals surface area contributed by atoms with Crippen LogP contribution in [-0.2, 0) is 0 Å². The summed E-state index contributed by atoms with van der Waals surface area (Å²) in [5.74, 6) is 0. The second-order valence-electron chi connectivity index (χ2n) is 3.33. The van der Waals surface area contributed by atoms with Crippen LogP contribution in [0.1, 0.15) is 12.5 Å². The van der Waals surface area contributed by atoms with Crippen molar-refractivity contribution in [2.75, 3.05) is 0 Å². The highest BCUT2D eigenvalue weighted by atomic mass is 16.4. The molecule has 76 valence electrons. The van der Waals surface area contributed by atoms with Crippen LogP contribution in [-0.4, -0.2) is 15.5 Å². The molecule has 1 heterocycles. The molecular formula is C12H12N2O. The number of nitrogens with zero attached hydrogens (tertiary/aromatic N) is 2. The fourth-order valence-electron chi connectivity index (χ4n) is 1.46. The predicted molar refractivity (Wildman–Crippen MR) is 59.8 cm³/mol. The minimum atomic E-state index is 0.615. The van der Waals surface area contributed by atoms with Gasteiger partial charge in [-0.05, 0) is 31.2 Å². The molecule has 2 rings (SSSR count). The van der Waals surface area contributed by atoms with Crippen molar-refractivity contribution in [2.45, 2.75) is 6.92 Å². The van der Waals surface area contributed by atoms with Crippen molar-refractivity contribution in [3.63, 3.8) is 0 Å². The van der Waals surface area contributed by atoms with E-state index in [4.69, 9.17) is 5.21 Å². The molecule has 1 aromatic heterocycles. The van der Waals surface area contributed by atoms with Crippen LogP contribution in [0, 0.1) is 0 Å². The van der Waals surface area contributed by atoms with Crippen LogP contribution in [0.25, 0.3) is 5.69 Å². The van der Waals surface area contributed by atoms with E-state index in [0.717, 1.165) is 11.3 Å². The molecule has 1 aromatic carbocycles. The van der Waals surface area contributed by atoms with E-state index in [9.17, 15) is 0 Å². The lowest BCUT2D eigenvalue weighted by Gasteiger charge is -2.05. The summed E-state index contributed by atoms with van der Waals surface area (Å²) in [6.45, 7) is 1.77. The molecule has 1 N–H and O–H groups in total. The van der Waals surface area contributed by atoms with Crippen LogP contribution in [0.15, 0.2) is 53.9 Å². The lowest BCUT2D eigenvalue weighted by molar-refractivity contribution is 0.319. The van der Waals surface area contributed by atoms with Crippen LogP contribution in [0.2, 0.25) is 0 Å². The third-order valence-corrected chi connectivity index (χ3v) is 2.32. The molecule has 0 aliphatic heterocycles. The number of hydrogen-bond donors (Lipinski definition) is 1. The van der Waals surface area contributed by atoms with Crippen LogP contribution < -0.4 is 0 Å². The van der Waals surface area contributed by atoms with Gasteiger partial charge in [0.15, 0.2) is 0 Å². The van der Waals surface area contributed by atoms with Gasteiger partial charge in [-0.25, -0.2) is 0 Å². The molecule has 0 aliphatic carbocycles. The standard InChI is InChI=1S/C12H12N2O/c1-10(13-15)11-5-4-6-12(9-11)14-7-2-3-8-14/h2-9,15H,1H3. The molecule has 0 unspecified atom stereocenters. The van der Waals surface area contributed by atoms with Crippen molar-refractivity contribution >= 4 is 5.71 Å². The van der Waals surface area contributed by atoms with E-state index < -0.39 is 0 Å². The Kier molecular flexibility index (Phi) is 2.54. The zero-order valence-electron chi connectivity index (χ0n) is 8.46. The van der Waals surface area contributed by atoms with Crippen LogP contribution in [0.4, 0.5) is 0 Å². The van der Waals surface area contributed by atoms with E-state index in [1.165, 1.54) is 0 Å². The zero-order valence-corrected chi connectivity index (χ0v) is 8.46. The van der Waals surface area contributed by atoms with Gasteiger partial charge >= 0.3 is 0 Å². The predicted octanol–water partition coefficient (Wildman–Crippen LogP) is 2.68. The van der Waals surface area contributed by atoms with Crippen molar-refractivity contribution in [2.24, 2.45) is 5.16 Å². The van der Waals surface area contributed by atoms with Crippen molar-refractivity contribution < 1.29 is 5.21 Å². The van der Waals surface area contributed by atoms with Crippen molar-refractivity contribution in [3.8, 4) is 5.69 Å². The lowest BCUT2D eigenvalue weighted by atomic mass is 10.1. The summed E-state index contributed by atoms with van der Waals surface area (Å²) in [4.78, 5) is 0. The Hall–Kier alpha value is -2.03. The van der Waals surface area contributed by atoms with Gasteiger partial charge < -0.3 is 9.77 Å². The first-order valence-electron chi connectivity index (χ1n) is 4.73. The number of aromatic nitrogens is 1. The van der Waals surface area contributed by atoms with Gasteiger partial charge in [-0.15, -0.1) is 0 Å². The third-order valence-electron chi connectivity index (χ3n) is 2.32. The molecule has 2 aromatic rings. The second kappa shape index (κ2) is 4.00. The smallest absolute Gasteiger partial charge is 0.0837 e. The number of oxime groups is 1. The summed E-state index contributed by atoms with van der Waals surface area (Å²) < 4.78 is 2.01. The molecule has 3 heteroatoms. The van der Waals surface area contributed by atoms with Gasteiger partial charge in [-0.2, -0.15) is 0 Å². The normalized spacial score (nSPS) is 11.7. The van der Waals surface area contributed by atoms with Gasteiger partial charge in [-0.1, -0.05) is 17.3 Å². The number of benzene rings is 1. The van der Waals surface area contributed by atoms with E-state index in [2.05, 4.69) is 5.16 Å². The molecule has 0 atom stereocenters. The molecule has 0 saturated carbocycles. The van der Waals surface area contributed by atoms with Crippen LogP contribution in [0.3, 0.4) is 0 Å². The zero-order chi connectivity index (χ0) is 10.7. The first kappa shape index (κ1) is 9.52. The van der Waals surface area contributed by atoms with Gasteiger partial charge in [0.2, 0.25) is 0 Å². The maximum Gasteiger partial charge on any atom is 0.0837 e. The Morgan fingerprint density at radius 3 is 2.60 bits per heavy atom. The molecule has 15 heavy (non-hydrogen) atoms. The molecule has 0 radical (unpaired) electrons. The van der Waals surface area contributed by atoms with E-state index in [1.807, 2.05) is 53.4 Å². The average Bonchev–Trinajstić information content (AvgIpc) is 2.82. The largest absolute Gasteiger partial charge is 0.411 e. The highest BCUT2D eigenvalue weighted by Crippen LogP contribution is 2.11. The fraction of sp³-hybridized carbons (Fsp3) is 0.0833. The molecule has 3 nitrogen and oxygen atoms in total. The summed E-state index contributed by atoms with van der Waals surface area (Å²) in [6.07, 6.45) is 3.95. The number of rotatable bonds is 2. The number of hydrogen-bond acceptors (Lipinski definition) is 2. The van der Waals surface area contributed by atoms with Gasteiger partial charge in [0.1, 0.15) is 0 Å². The molecule has 0 aliphatic rings. The molecular weight excluding hydrogens is 188 g/mol. The van der Waals surface area contributed by atoms with Gasteiger partial charge in [0.05, 0.1) is 5.71 Å². The van der Waals surface area contributed by atoms with Crippen molar-refractivity contribution in [1.29, 1.82) is 0 Å². The highest BCUT2D eigenvalue weighted by Gasteiger charge is 2.00. The quantitative estimate of drug-likeness (QED) is 0.451. The third kappa shape index (κ3) is 1.91. The first-order valence-corrected chi connectivity index (χ1v) is 4.73. The summed E-state index contributed by atoms with van der Waals surface area (Å²) >= 11 is 0. The first-order chi connectivity index (χ1) is 7.31. The Labute approximate surface area is 88.3 Å². The van der Waals surface area contributed by atoms with E-state index in [-0.39, 0.29) is 0 Å². The van der Waals surface area contributed by atoms with Gasteiger partial charge in [0.25, 0.3) is 0 Å². The summed E-state index contributed by atoms with van der Waals surface area (Å²) in [5, 5.41) is 11.9. The SMILES string of the molecule is CC(=NO)c1cccc(-n2cccc2)c1. The Balaban J connectivity index is 2.44.